The molecular weight excluding hydrogens is 658 g/mol. The highest BCUT2D eigenvalue weighted by Crippen LogP contribution is 2.25. The number of hydrogen-bond donors (Lipinski definition) is 3. The number of amides is 2. The van der Waals surface area contributed by atoms with Crippen molar-refractivity contribution in [3.63, 3.8) is 0 Å². The number of allylic oxidation sites excluding steroid dienone is 1. The minimum atomic E-state index is -0.885. The van der Waals surface area contributed by atoms with Gasteiger partial charge in [-0.1, -0.05) is 19.7 Å². The van der Waals surface area contributed by atoms with Crippen LogP contribution in [0, 0.1) is 12.3 Å². The second-order valence-corrected chi connectivity index (χ2v) is 10.7. The number of nitrogens with one attached hydrogen (secondary N) is 3. The van der Waals surface area contributed by atoms with Crippen LogP contribution in [0.15, 0.2) is 104 Å². The van der Waals surface area contributed by atoms with E-state index in [2.05, 4.69) is 30.4 Å². The zero-order valence-electron chi connectivity index (χ0n) is 28.4. The van der Waals surface area contributed by atoms with Gasteiger partial charge >= 0.3 is 24.1 Å². The van der Waals surface area contributed by atoms with E-state index in [4.69, 9.17) is 33.8 Å². The maximum Gasteiger partial charge on any atom is 0.513 e. The van der Waals surface area contributed by atoms with Crippen molar-refractivity contribution in [2.24, 2.45) is 0 Å². The first-order valence-electron chi connectivity index (χ1n) is 16.0. The number of rotatable bonds is 19. The lowest BCUT2D eigenvalue weighted by molar-refractivity contribution is -0.137. The Morgan fingerprint density at radius 3 is 2.02 bits per heavy atom. The lowest BCUT2D eigenvalue weighted by Gasteiger charge is -2.12. The Balaban J connectivity index is 1.40. The lowest BCUT2D eigenvalue weighted by Crippen LogP contribution is -2.29. The molecule has 3 N–H and O–H groups in total. The van der Waals surface area contributed by atoms with E-state index < -0.39 is 18.1 Å². The molecule has 0 heterocycles. The minimum Gasteiger partial charge on any atom is -0.494 e. The Kier molecular flexibility index (Phi) is 16.0. The molecule has 0 saturated heterocycles. The van der Waals surface area contributed by atoms with Gasteiger partial charge in [0.15, 0.2) is 0 Å². The number of carbonyl (C=O) groups excluding carboxylic acids is 4. The van der Waals surface area contributed by atoms with Crippen LogP contribution in [0.4, 0.5) is 15.3 Å². The summed E-state index contributed by atoms with van der Waals surface area (Å²) in [6, 6.07) is 16.8. The van der Waals surface area contributed by atoms with Crippen LogP contribution in [-0.2, 0) is 19.0 Å². The average Bonchev–Trinajstić information content (AvgIpc) is 3.12. The molecule has 268 valence electrons. The van der Waals surface area contributed by atoms with Gasteiger partial charge in [-0.05, 0) is 111 Å². The number of urea groups is 1. The first-order valence-corrected chi connectivity index (χ1v) is 16.0. The van der Waals surface area contributed by atoms with Gasteiger partial charge in [0.05, 0.1) is 25.4 Å². The van der Waals surface area contributed by atoms with E-state index in [1.165, 1.54) is 18.2 Å². The topological polar surface area (TPSA) is 172 Å². The van der Waals surface area contributed by atoms with Crippen LogP contribution >= 0.6 is 0 Å². The highest BCUT2D eigenvalue weighted by Gasteiger charge is 2.13. The molecule has 0 aromatic heterocycles. The lowest BCUT2D eigenvalue weighted by atomic mass is 10.2. The first-order chi connectivity index (χ1) is 24.6. The smallest absolute Gasteiger partial charge is 0.494 e. The fourth-order valence-corrected chi connectivity index (χ4v) is 4.08. The molecular formula is C38H41N3O10. The summed E-state index contributed by atoms with van der Waals surface area (Å²) < 4.78 is 31.5. The molecule has 0 aliphatic carbocycles. The third-order valence-electron chi connectivity index (χ3n) is 6.81. The summed E-state index contributed by atoms with van der Waals surface area (Å²) in [5.41, 5.74) is 1.83. The molecule has 0 radical (unpaired) electrons. The molecule has 0 aliphatic heterocycles. The highest BCUT2D eigenvalue weighted by molar-refractivity contribution is 5.94. The van der Waals surface area contributed by atoms with Gasteiger partial charge in [0.1, 0.15) is 23.0 Å². The maximum absolute atomic E-state index is 12.7. The van der Waals surface area contributed by atoms with E-state index in [1.54, 1.807) is 61.5 Å². The van der Waals surface area contributed by atoms with Crippen molar-refractivity contribution in [1.29, 1.82) is 5.41 Å². The number of benzene rings is 3. The van der Waals surface area contributed by atoms with Gasteiger partial charge in [-0.25, -0.2) is 19.2 Å². The van der Waals surface area contributed by atoms with E-state index in [0.29, 0.717) is 54.3 Å². The summed E-state index contributed by atoms with van der Waals surface area (Å²) >= 11 is 0. The van der Waals surface area contributed by atoms with Crippen LogP contribution in [0.2, 0.25) is 0 Å². The zero-order valence-corrected chi connectivity index (χ0v) is 28.4. The molecule has 0 spiro atoms. The van der Waals surface area contributed by atoms with Gasteiger partial charge in [0, 0.05) is 23.9 Å². The average molecular weight is 700 g/mol. The number of ether oxygens (including phenoxy) is 6. The number of esters is 2. The van der Waals surface area contributed by atoms with Crippen LogP contribution in [-0.4, -0.2) is 56.4 Å². The van der Waals surface area contributed by atoms with Gasteiger partial charge in [0.2, 0.25) is 5.90 Å². The molecule has 3 aromatic carbocycles. The van der Waals surface area contributed by atoms with Crippen LogP contribution in [0.3, 0.4) is 0 Å². The van der Waals surface area contributed by atoms with Crippen LogP contribution in [0.25, 0.3) is 0 Å². The predicted octanol–water partition coefficient (Wildman–Crippen LogP) is 7.26. The quantitative estimate of drug-likeness (QED) is 0.0133. The van der Waals surface area contributed by atoms with Gasteiger partial charge in [-0.3, -0.25) is 5.41 Å². The Hall–Kier alpha value is -6.37. The molecule has 3 aromatic rings. The minimum absolute atomic E-state index is 0.0951. The normalized spacial score (nSPS) is 10.1. The van der Waals surface area contributed by atoms with E-state index in [0.717, 1.165) is 18.9 Å². The van der Waals surface area contributed by atoms with Crippen molar-refractivity contribution in [2.75, 3.05) is 31.7 Å². The van der Waals surface area contributed by atoms with Crippen LogP contribution in [0.5, 0.6) is 17.2 Å². The van der Waals surface area contributed by atoms with Crippen molar-refractivity contribution >= 4 is 35.7 Å². The molecule has 2 amide bonds. The number of anilines is 1. The van der Waals surface area contributed by atoms with Crippen molar-refractivity contribution < 1.29 is 47.6 Å². The van der Waals surface area contributed by atoms with Crippen molar-refractivity contribution in [2.45, 2.75) is 32.6 Å². The predicted molar refractivity (Wildman–Crippen MR) is 190 cm³/mol. The first kappa shape index (κ1) is 39.1. The summed E-state index contributed by atoms with van der Waals surface area (Å²) in [5.74, 6) is 0.130. The number of carbonyl (C=O) groups is 4. The highest BCUT2D eigenvalue weighted by atomic mass is 16.7. The summed E-state index contributed by atoms with van der Waals surface area (Å²) in [5, 5.41) is 13.8. The van der Waals surface area contributed by atoms with E-state index in [9.17, 15) is 19.2 Å². The Labute approximate surface area is 296 Å². The molecule has 3 rings (SSSR count). The molecule has 0 aliphatic rings. The maximum atomic E-state index is 12.7. The summed E-state index contributed by atoms with van der Waals surface area (Å²) in [7, 11) is 0. The number of hydrogen-bond acceptors (Lipinski definition) is 11. The van der Waals surface area contributed by atoms with E-state index >= 15 is 0 Å². The molecule has 0 saturated carbocycles. The van der Waals surface area contributed by atoms with Crippen molar-refractivity contribution in [1.82, 2.24) is 5.32 Å². The summed E-state index contributed by atoms with van der Waals surface area (Å²) in [6.07, 6.45) is 4.20. The van der Waals surface area contributed by atoms with Crippen LogP contribution < -0.4 is 24.8 Å². The Morgan fingerprint density at radius 2 is 1.35 bits per heavy atom. The summed E-state index contributed by atoms with van der Waals surface area (Å²) in [4.78, 5) is 47.8. The van der Waals surface area contributed by atoms with Crippen molar-refractivity contribution in [3.05, 3.63) is 121 Å². The van der Waals surface area contributed by atoms with E-state index in [-0.39, 0.29) is 42.2 Å². The Bertz CT molecular complexity index is 1700. The fraction of sp³-hybridized carbons (Fsp3) is 0.237. The van der Waals surface area contributed by atoms with Crippen LogP contribution in [0.1, 0.15) is 47.2 Å². The van der Waals surface area contributed by atoms with Gasteiger partial charge in [-0.2, -0.15) is 0 Å². The molecule has 0 unspecified atom stereocenters. The fourth-order valence-electron chi connectivity index (χ4n) is 4.08. The molecule has 0 atom stereocenters. The largest absolute Gasteiger partial charge is 0.513 e. The van der Waals surface area contributed by atoms with Gasteiger partial charge in [0.25, 0.3) is 0 Å². The monoisotopic (exact) mass is 699 g/mol. The molecule has 51 heavy (non-hydrogen) atoms. The second-order valence-electron chi connectivity index (χ2n) is 10.7. The molecule has 13 nitrogen and oxygen atoms in total. The zero-order chi connectivity index (χ0) is 37.0. The molecule has 0 bridgehead atoms. The van der Waals surface area contributed by atoms with E-state index in [1.807, 2.05) is 0 Å². The second kappa shape index (κ2) is 20.9. The summed E-state index contributed by atoms with van der Waals surface area (Å²) in [6.45, 7) is 13.5. The molecule has 0 fully saturated rings. The third-order valence-corrected chi connectivity index (χ3v) is 6.81. The van der Waals surface area contributed by atoms with Gasteiger partial charge < -0.3 is 39.1 Å². The number of aryl methyl sites for hydroxylation is 1. The van der Waals surface area contributed by atoms with Crippen molar-refractivity contribution in [3.8, 4) is 17.2 Å². The third kappa shape index (κ3) is 14.3. The molecule has 13 heteroatoms. The van der Waals surface area contributed by atoms with Gasteiger partial charge in [-0.15, -0.1) is 0 Å². The Morgan fingerprint density at radius 1 is 0.725 bits per heavy atom. The number of unbranched alkanes of at least 4 members (excludes halogenated alkanes) is 2. The standard InChI is InChI=1S/C38H41N3O10/c1-5-27(4)46-22-8-7-21-40-37(44)41-30-15-11-29(12-16-30)36(43)49-32-19-20-33(26(3)25-32)51-35(39)28-13-17-31(18-14-28)50-38(45)48-24-10-9-23-47-34(42)6-2/h5-6,11-20,25,39H,1-2,4,7-10,21-24H2,3H3,(H2,40,41,44). The SMILES string of the molecule is C=CC(=C)OCCCCNC(=O)Nc1ccc(C(=O)Oc2ccc(OC(=N)c3ccc(OC(=O)OCCCCOC(=O)C=C)cc3)c(C)c2)cc1.